The Kier molecular flexibility index (Phi) is 1.71. The van der Waals surface area contributed by atoms with Crippen LogP contribution in [-0.2, 0) is 9.53 Å². The Morgan fingerprint density at radius 3 is 2.18 bits per heavy atom. The largest absolute Gasteiger partial charge is 0.467 e. The highest BCUT2D eigenvalue weighted by Crippen LogP contribution is 2.48. The molecule has 64 valence electrons. The number of hydrogen-bond acceptors (Lipinski definition) is 3. The molecule has 0 unspecified atom stereocenters. The molecule has 0 aromatic rings. The third kappa shape index (κ3) is 1.38. The Hall–Kier alpha value is -0.570. The summed E-state index contributed by atoms with van der Waals surface area (Å²) >= 11 is 0. The molecule has 1 N–H and O–H groups in total. The Morgan fingerprint density at radius 2 is 1.91 bits per heavy atom. The van der Waals surface area contributed by atoms with Crippen molar-refractivity contribution >= 4 is 5.97 Å². The van der Waals surface area contributed by atoms with Gasteiger partial charge >= 0.3 is 5.97 Å². The van der Waals surface area contributed by atoms with Crippen molar-refractivity contribution in [3.05, 3.63) is 0 Å². The topological polar surface area (TPSA) is 46.5 Å². The summed E-state index contributed by atoms with van der Waals surface area (Å²) in [7, 11) is 1.30. The van der Waals surface area contributed by atoms with E-state index in [-0.39, 0.29) is 5.41 Å². The molecular weight excluding hydrogens is 144 g/mol. The molecule has 0 amide bonds. The minimum atomic E-state index is -1.20. The van der Waals surface area contributed by atoms with Crippen LogP contribution in [0.1, 0.15) is 26.7 Å². The van der Waals surface area contributed by atoms with Crippen LogP contribution in [0.4, 0.5) is 0 Å². The third-order valence-electron chi connectivity index (χ3n) is 2.11. The molecule has 0 heterocycles. The Labute approximate surface area is 66.4 Å². The molecule has 3 nitrogen and oxygen atoms in total. The average molecular weight is 158 g/mol. The highest BCUT2D eigenvalue weighted by Gasteiger charge is 2.54. The summed E-state index contributed by atoms with van der Waals surface area (Å²) in [6.45, 7) is 4.04. The minimum absolute atomic E-state index is 0.0862. The van der Waals surface area contributed by atoms with Crippen molar-refractivity contribution in [2.24, 2.45) is 5.41 Å². The average Bonchev–Trinajstić information content (AvgIpc) is 1.81. The quantitative estimate of drug-likeness (QED) is 0.572. The number of ether oxygens (including phenoxy) is 1. The maximum atomic E-state index is 10.9. The lowest BCUT2D eigenvalue weighted by atomic mass is 9.61. The van der Waals surface area contributed by atoms with E-state index in [1.807, 2.05) is 13.8 Å². The summed E-state index contributed by atoms with van der Waals surface area (Å²) < 4.78 is 4.46. The second kappa shape index (κ2) is 2.21. The van der Waals surface area contributed by atoms with Crippen molar-refractivity contribution in [1.82, 2.24) is 0 Å². The number of hydrogen-bond donors (Lipinski definition) is 1. The Morgan fingerprint density at radius 1 is 1.45 bits per heavy atom. The molecular formula is C8H14O3. The molecule has 0 radical (unpaired) electrons. The number of methoxy groups -OCH3 is 1. The first-order chi connectivity index (χ1) is 4.90. The standard InChI is InChI=1S/C8H14O3/c1-7(2)4-8(10,5-7)6(9)11-3/h10H,4-5H2,1-3H3. The molecule has 1 saturated carbocycles. The number of carbonyl (C=O) groups excluding carboxylic acids is 1. The van der Waals surface area contributed by atoms with Gasteiger partial charge in [-0.2, -0.15) is 0 Å². The van der Waals surface area contributed by atoms with E-state index in [4.69, 9.17) is 0 Å². The van der Waals surface area contributed by atoms with E-state index in [9.17, 15) is 9.90 Å². The molecule has 1 fully saturated rings. The molecule has 1 aliphatic rings. The molecule has 11 heavy (non-hydrogen) atoms. The molecule has 0 atom stereocenters. The van der Waals surface area contributed by atoms with Crippen molar-refractivity contribution in [3.63, 3.8) is 0 Å². The fourth-order valence-electron chi connectivity index (χ4n) is 1.87. The lowest BCUT2D eigenvalue weighted by molar-refractivity contribution is -0.186. The number of aliphatic hydroxyl groups is 1. The van der Waals surface area contributed by atoms with Gasteiger partial charge in [0.1, 0.15) is 0 Å². The van der Waals surface area contributed by atoms with Crippen LogP contribution < -0.4 is 0 Å². The molecule has 1 aliphatic carbocycles. The SMILES string of the molecule is COC(=O)C1(O)CC(C)(C)C1. The first-order valence-electron chi connectivity index (χ1n) is 3.70. The monoisotopic (exact) mass is 158 g/mol. The molecule has 3 heteroatoms. The molecule has 0 saturated heterocycles. The summed E-state index contributed by atoms with van der Waals surface area (Å²) in [6, 6.07) is 0. The molecule has 0 spiro atoms. The van der Waals surface area contributed by atoms with E-state index < -0.39 is 11.6 Å². The number of carbonyl (C=O) groups is 1. The van der Waals surface area contributed by atoms with Crippen molar-refractivity contribution in [1.29, 1.82) is 0 Å². The van der Waals surface area contributed by atoms with Gasteiger partial charge < -0.3 is 9.84 Å². The Balaban J connectivity index is 2.56. The molecule has 1 rings (SSSR count). The second-order valence-electron chi connectivity index (χ2n) is 4.04. The van der Waals surface area contributed by atoms with Crippen LogP contribution in [0.2, 0.25) is 0 Å². The van der Waals surface area contributed by atoms with Gasteiger partial charge in [0, 0.05) is 0 Å². The third-order valence-corrected chi connectivity index (χ3v) is 2.11. The van der Waals surface area contributed by atoms with Gasteiger partial charge in [-0.05, 0) is 18.3 Å². The zero-order valence-corrected chi connectivity index (χ0v) is 7.18. The smallest absolute Gasteiger partial charge is 0.337 e. The summed E-state index contributed by atoms with van der Waals surface area (Å²) in [5, 5.41) is 9.54. The minimum Gasteiger partial charge on any atom is -0.467 e. The fraction of sp³-hybridized carbons (Fsp3) is 0.875. The second-order valence-corrected chi connectivity index (χ2v) is 4.04. The zero-order valence-electron chi connectivity index (χ0n) is 7.18. The fourth-order valence-corrected chi connectivity index (χ4v) is 1.87. The van der Waals surface area contributed by atoms with Crippen molar-refractivity contribution in [2.75, 3.05) is 7.11 Å². The molecule has 0 bridgehead atoms. The van der Waals surface area contributed by atoms with Gasteiger partial charge in [-0.15, -0.1) is 0 Å². The summed E-state index contributed by atoms with van der Waals surface area (Å²) in [6.07, 6.45) is 1.01. The maximum Gasteiger partial charge on any atom is 0.337 e. The van der Waals surface area contributed by atoms with Crippen LogP contribution in [0.3, 0.4) is 0 Å². The van der Waals surface area contributed by atoms with E-state index >= 15 is 0 Å². The van der Waals surface area contributed by atoms with Gasteiger partial charge in [0.25, 0.3) is 0 Å². The van der Waals surface area contributed by atoms with Crippen LogP contribution in [-0.4, -0.2) is 23.8 Å². The van der Waals surface area contributed by atoms with Crippen molar-refractivity contribution in [3.8, 4) is 0 Å². The van der Waals surface area contributed by atoms with Gasteiger partial charge in [-0.1, -0.05) is 13.8 Å². The normalized spacial score (nSPS) is 25.5. The predicted molar refractivity (Wildman–Crippen MR) is 40.0 cm³/mol. The van der Waals surface area contributed by atoms with Gasteiger partial charge in [-0.25, -0.2) is 4.79 Å². The van der Waals surface area contributed by atoms with Crippen LogP contribution in [0, 0.1) is 5.41 Å². The maximum absolute atomic E-state index is 10.9. The van der Waals surface area contributed by atoms with Crippen LogP contribution in [0.25, 0.3) is 0 Å². The number of rotatable bonds is 1. The van der Waals surface area contributed by atoms with E-state index in [1.54, 1.807) is 0 Å². The summed E-state index contributed by atoms with van der Waals surface area (Å²) in [5.74, 6) is -0.503. The van der Waals surface area contributed by atoms with Crippen LogP contribution in [0.15, 0.2) is 0 Å². The predicted octanol–water partition coefficient (Wildman–Crippen LogP) is 0.710. The van der Waals surface area contributed by atoms with Crippen molar-refractivity contribution < 1.29 is 14.6 Å². The van der Waals surface area contributed by atoms with Gasteiger partial charge in [0.15, 0.2) is 5.60 Å². The zero-order chi connectivity index (χ0) is 8.70. The van der Waals surface area contributed by atoms with E-state index in [0.29, 0.717) is 12.8 Å². The van der Waals surface area contributed by atoms with E-state index in [0.717, 1.165) is 0 Å². The van der Waals surface area contributed by atoms with Gasteiger partial charge in [-0.3, -0.25) is 0 Å². The highest BCUT2D eigenvalue weighted by atomic mass is 16.5. The van der Waals surface area contributed by atoms with Crippen molar-refractivity contribution in [2.45, 2.75) is 32.3 Å². The van der Waals surface area contributed by atoms with E-state index in [1.165, 1.54) is 7.11 Å². The van der Waals surface area contributed by atoms with E-state index in [2.05, 4.69) is 4.74 Å². The first kappa shape index (κ1) is 8.53. The summed E-state index contributed by atoms with van der Waals surface area (Å²) in [4.78, 5) is 10.9. The Bertz CT molecular complexity index is 176. The lowest BCUT2D eigenvalue weighted by Crippen LogP contribution is -2.55. The van der Waals surface area contributed by atoms with Gasteiger partial charge in [0.05, 0.1) is 7.11 Å². The molecule has 0 aromatic carbocycles. The number of esters is 1. The molecule has 0 aromatic heterocycles. The van der Waals surface area contributed by atoms with Gasteiger partial charge in [0.2, 0.25) is 0 Å². The summed E-state index contributed by atoms with van der Waals surface area (Å²) in [5.41, 5.74) is -1.11. The lowest BCUT2D eigenvalue weighted by Gasteiger charge is -2.47. The van der Waals surface area contributed by atoms with Crippen LogP contribution in [0.5, 0.6) is 0 Å². The highest BCUT2D eigenvalue weighted by molar-refractivity contribution is 5.80. The first-order valence-corrected chi connectivity index (χ1v) is 3.70. The molecule has 0 aliphatic heterocycles. The van der Waals surface area contributed by atoms with Crippen LogP contribution >= 0.6 is 0 Å².